The molecular formula is C16H25N3O. The molecule has 1 aromatic carbocycles. The summed E-state index contributed by atoms with van der Waals surface area (Å²) in [5, 5.41) is 12.3. The molecule has 1 aromatic rings. The summed E-state index contributed by atoms with van der Waals surface area (Å²) in [4.78, 5) is 2.44. The average molecular weight is 275 g/mol. The number of oxime groups is 1. The van der Waals surface area contributed by atoms with E-state index < -0.39 is 0 Å². The molecule has 0 amide bonds. The van der Waals surface area contributed by atoms with Gasteiger partial charge in [0.25, 0.3) is 0 Å². The van der Waals surface area contributed by atoms with Crippen LogP contribution in [-0.4, -0.2) is 35.6 Å². The molecule has 4 heteroatoms. The number of rotatable bonds is 4. The van der Waals surface area contributed by atoms with Crippen molar-refractivity contribution in [1.29, 1.82) is 0 Å². The summed E-state index contributed by atoms with van der Waals surface area (Å²) >= 11 is 0. The summed E-state index contributed by atoms with van der Waals surface area (Å²) in [6.07, 6.45) is 1.29. The van der Waals surface area contributed by atoms with E-state index in [0.29, 0.717) is 17.7 Å². The molecule has 1 fully saturated rings. The van der Waals surface area contributed by atoms with Gasteiger partial charge in [-0.05, 0) is 23.8 Å². The minimum atomic E-state index is -0.0429. The zero-order valence-corrected chi connectivity index (χ0v) is 12.4. The SMILES string of the molecule is CC1CC(C)CN(CC(C(N)=NO)c2ccccc2)C1. The first-order valence-corrected chi connectivity index (χ1v) is 7.34. The van der Waals surface area contributed by atoms with Crippen LogP contribution < -0.4 is 5.73 Å². The molecule has 20 heavy (non-hydrogen) atoms. The van der Waals surface area contributed by atoms with Crippen molar-refractivity contribution in [3.63, 3.8) is 0 Å². The highest BCUT2D eigenvalue weighted by Gasteiger charge is 2.26. The van der Waals surface area contributed by atoms with Gasteiger partial charge in [-0.15, -0.1) is 0 Å². The summed E-state index contributed by atoms with van der Waals surface area (Å²) in [5.41, 5.74) is 7.01. The van der Waals surface area contributed by atoms with E-state index in [-0.39, 0.29) is 5.92 Å². The van der Waals surface area contributed by atoms with Crippen LogP contribution in [0.3, 0.4) is 0 Å². The van der Waals surface area contributed by atoms with Crippen molar-refractivity contribution in [3.8, 4) is 0 Å². The Balaban J connectivity index is 2.12. The smallest absolute Gasteiger partial charge is 0.147 e. The number of nitrogens with two attached hydrogens (primary N) is 1. The van der Waals surface area contributed by atoms with E-state index in [9.17, 15) is 0 Å². The Bertz CT molecular complexity index is 436. The summed E-state index contributed by atoms with van der Waals surface area (Å²) in [7, 11) is 0. The van der Waals surface area contributed by atoms with E-state index in [2.05, 4.69) is 23.9 Å². The summed E-state index contributed by atoms with van der Waals surface area (Å²) in [6.45, 7) is 7.58. The Morgan fingerprint density at radius 2 is 1.90 bits per heavy atom. The lowest BCUT2D eigenvalue weighted by Gasteiger charge is -2.36. The van der Waals surface area contributed by atoms with Crippen molar-refractivity contribution in [3.05, 3.63) is 35.9 Å². The molecule has 1 saturated heterocycles. The van der Waals surface area contributed by atoms with Crippen LogP contribution in [-0.2, 0) is 0 Å². The van der Waals surface area contributed by atoms with Gasteiger partial charge in [-0.3, -0.25) is 0 Å². The molecule has 1 aliphatic rings. The van der Waals surface area contributed by atoms with Crippen LogP contribution in [0, 0.1) is 11.8 Å². The first-order valence-electron chi connectivity index (χ1n) is 7.34. The topological polar surface area (TPSA) is 61.8 Å². The van der Waals surface area contributed by atoms with Crippen molar-refractivity contribution < 1.29 is 5.21 Å². The zero-order chi connectivity index (χ0) is 14.5. The van der Waals surface area contributed by atoms with Crippen LogP contribution in [0.1, 0.15) is 31.7 Å². The van der Waals surface area contributed by atoms with Gasteiger partial charge in [-0.1, -0.05) is 49.3 Å². The van der Waals surface area contributed by atoms with E-state index in [4.69, 9.17) is 10.9 Å². The Morgan fingerprint density at radius 3 is 2.45 bits per heavy atom. The Morgan fingerprint density at radius 1 is 1.30 bits per heavy atom. The molecular weight excluding hydrogens is 250 g/mol. The van der Waals surface area contributed by atoms with E-state index in [0.717, 1.165) is 25.2 Å². The Hall–Kier alpha value is -1.55. The average Bonchev–Trinajstić information content (AvgIpc) is 2.44. The predicted octanol–water partition coefficient (Wildman–Crippen LogP) is 2.49. The van der Waals surface area contributed by atoms with Crippen molar-refractivity contribution in [2.24, 2.45) is 22.7 Å². The van der Waals surface area contributed by atoms with Gasteiger partial charge in [0.05, 0.1) is 5.92 Å². The van der Waals surface area contributed by atoms with E-state index >= 15 is 0 Å². The maximum atomic E-state index is 9.04. The standard InChI is InChI=1S/C16H25N3O/c1-12-8-13(2)10-19(9-12)11-15(16(17)18-20)14-6-4-3-5-7-14/h3-7,12-13,15,20H,8-11H2,1-2H3,(H2,17,18). The fraction of sp³-hybridized carbons (Fsp3) is 0.562. The lowest BCUT2D eigenvalue weighted by atomic mass is 9.90. The van der Waals surface area contributed by atoms with Crippen LogP contribution in [0.4, 0.5) is 0 Å². The van der Waals surface area contributed by atoms with Crippen LogP contribution >= 0.6 is 0 Å². The second kappa shape index (κ2) is 6.75. The fourth-order valence-corrected chi connectivity index (χ4v) is 3.32. The fourth-order valence-electron chi connectivity index (χ4n) is 3.32. The molecule has 0 bridgehead atoms. The van der Waals surface area contributed by atoms with Crippen LogP contribution in [0.5, 0.6) is 0 Å². The number of hydrogen-bond donors (Lipinski definition) is 2. The molecule has 1 heterocycles. The second-order valence-electron chi connectivity index (χ2n) is 6.15. The van der Waals surface area contributed by atoms with Gasteiger partial charge in [-0.25, -0.2) is 0 Å². The van der Waals surface area contributed by atoms with Crippen LogP contribution in [0.25, 0.3) is 0 Å². The number of hydrogen-bond acceptors (Lipinski definition) is 3. The number of piperidine rings is 1. The number of nitrogens with zero attached hydrogens (tertiary/aromatic N) is 2. The highest BCUT2D eigenvalue weighted by Crippen LogP contribution is 2.24. The Kier molecular flexibility index (Phi) is 5.01. The normalized spacial score (nSPS) is 26.4. The first-order chi connectivity index (χ1) is 9.60. The number of amidine groups is 1. The molecule has 0 aromatic heterocycles. The molecule has 3 atom stereocenters. The van der Waals surface area contributed by atoms with Crippen LogP contribution in [0.15, 0.2) is 35.5 Å². The highest BCUT2D eigenvalue weighted by molar-refractivity contribution is 5.87. The van der Waals surface area contributed by atoms with Gasteiger partial charge in [0.15, 0.2) is 0 Å². The van der Waals surface area contributed by atoms with Crippen molar-refractivity contribution >= 4 is 5.84 Å². The zero-order valence-electron chi connectivity index (χ0n) is 12.4. The molecule has 3 unspecified atom stereocenters. The third-order valence-corrected chi connectivity index (χ3v) is 4.06. The van der Waals surface area contributed by atoms with Gasteiger partial charge in [0, 0.05) is 19.6 Å². The van der Waals surface area contributed by atoms with Crippen LogP contribution in [0.2, 0.25) is 0 Å². The van der Waals surface area contributed by atoms with Gasteiger partial charge in [0.2, 0.25) is 0 Å². The van der Waals surface area contributed by atoms with Gasteiger partial charge in [0.1, 0.15) is 5.84 Å². The van der Waals surface area contributed by atoms with Gasteiger partial charge >= 0.3 is 0 Å². The molecule has 4 nitrogen and oxygen atoms in total. The lowest BCUT2D eigenvalue weighted by molar-refractivity contribution is 0.139. The summed E-state index contributed by atoms with van der Waals surface area (Å²) in [5.74, 6) is 1.67. The minimum absolute atomic E-state index is 0.0429. The summed E-state index contributed by atoms with van der Waals surface area (Å²) < 4.78 is 0. The minimum Gasteiger partial charge on any atom is -0.409 e. The maximum absolute atomic E-state index is 9.04. The molecule has 110 valence electrons. The van der Waals surface area contributed by atoms with E-state index in [1.807, 2.05) is 30.3 Å². The Labute approximate surface area is 121 Å². The van der Waals surface area contributed by atoms with Crippen molar-refractivity contribution in [2.45, 2.75) is 26.2 Å². The molecule has 3 N–H and O–H groups in total. The summed E-state index contributed by atoms with van der Waals surface area (Å²) in [6, 6.07) is 10.1. The number of benzene rings is 1. The van der Waals surface area contributed by atoms with E-state index in [1.165, 1.54) is 6.42 Å². The highest BCUT2D eigenvalue weighted by atomic mass is 16.4. The third-order valence-electron chi connectivity index (χ3n) is 4.06. The molecule has 0 spiro atoms. The molecule has 0 aliphatic carbocycles. The largest absolute Gasteiger partial charge is 0.409 e. The van der Waals surface area contributed by atoms with E-state index in [1.54, 1.807) is 0 Å². The third kappa shape index (κ3) is 3.73. The molecule has 0 radical (unpaired) electrons. The van der Waals surface area contributed by atoms with Crippen molar-refractivity contribution in [1.82, 2.24) is 4.90 Å². The molecule has 1 aliphatic heterocycles. The number of likely N-dealkylation sites (tertiary alicyclic amines) is 1. The molecule has 2 rings (SSSR count). The predicted molar refractivity (Wildman–Crippen MR) is 82.0 cm³/mol. The lowest BCUT2D eigenvalue weighted by Crippen LogP contribution is -2.43. The molecule has 0 saturated carbocycles. The first kappa shape index (κ1) is 14.9. The quantitative estimate of drug-likeness (QED) is 0.384. The second-order valence-corrected chi connectivity index (χ2v) is 6.15. The van der Waals surface area contributed by atoms with Crippen molar-refractivity contribution in [2.75, 3.05) is 19.6 Å². The van der Waals surface area contributed by atoms with Gasteiger partial charge in [-0.2, -0.15) is 0 Å². The monoisotopic (exact) mass is 275 g/mol. The maximum Gasteiger partial charge on any atom is 0.147 e. The van der Waals surface area contributed by atoms with Gasteiger partial charge < -0.3 is 15.8 Å².